The van der Waals surface area contributed by atoms with Crippen molar-refractivity contribution in [1.82, 2.24) is 4.90 Å². The van der Waals surface area contributed by atoms with Crippen molar-refractivity contribution in [3.05, 3.63) is 29.3 Å². The molecule has 1 aromatic carbocycles. The number of halogens is 1. The van der Waals surface area contributed by atoms with Crippen molar-refractivity contribution < 1.29 is 24.5 Å². The first-order chi connectivity index (χ1) is 12.9. The topological polar surface area (TPSA) is 87.1 Å². The van der Waals surface area contributed by atoms with Crippen molar-refractivity contribution in [2.75, 3.05) is 26.2 Å². The van der Waals surface area contributed by atoms with Gasteiger partial charge in [0.25, 0.3) is 0 Å². The maximum atomic E-state index is 9.10. The van der Waals surface area contributed by atoms with E-state index in [9.17, 15) is 0 Å². The molecular weight excluding hydrogens is 370 g/mol. The molecule has 1 unspecified atom stereocenters. The van der Waals surface area contributed by atoms with Crippen LogP contribution in [0.1, 0.15) is 45.4 Å². The van der Waals surface area contributed by atoms with Gasteiger partial charge < -0.3 is 19.8 Å². The number of aliphatic carboxylic acids is 2. The molecule has 1 fully saturated rings. The molecule has 0 aliphatic carbocycles. The number of piperidine rings is 1. The molecule has 2 rings (SSSR count). The van der Waals surface area contributed by atoms with Crippen LogP contribution in [0.4, 0.5) is 0 Å². The normalized spacial score (nSPS) is 16.9. The van der Waals surface area contributed by atoms with Crippen LogP contribution >= 0.6 is 11.6 Å². The summed E-state index contributed by atoms with van der Waals surface area (Å²) in [5.41, 5.74) is 0. The van der Waals surface area contributed by atoms with Gasteiger partial charge in [-0.25, -0.2) is 9.59 Å². The minimum atomic E-state index is -1.82. The molecular formula is C20H30ClNO5. The summed E-state index contributed by atoms with van der Waals surface area (Å²) in [4.78, 5) is 20.8. The van der Waals surface area contributed by atoms with Crippen LogP contribution < -0.4 is 4.74 Å². The Hall–Kier alpha value is -1.79. The second-order valence-electron chi connectivity index (χ2n) is 6.87. The summed E-state index contributed by atoms with van der Waals surface area (Å²) in [5, 5.41) is 15.5. The van der Waals surface area contributed by atoms with Gasteiger partial charge in [-0.1, -0.05) is 31.4 Å². The average Bonchev–Trinajstić information content (AvgIpc) is 2.63. The predicted octanol–water partition coefficient (Wildman–Crippen LogP) is 4.17. The van der Waals surface area contributed by atoms with E-state index in [0.717, 1.165) is 29.7 Å². The fourth-order valence-corrected chi connectivity index (χ4v) is 3.13. The number of hydrogen-bond donors (Lipinski definition) is 2. The molecule has 27 heavy (non-hydrogen) atoms. The molecule has 0 amide bonds. The summed E-state index contributed by atoms with van der Waals surface area (Å²) in [6.07, 6.45) is 7.84. The monoisotopic (exact) mass is 399 g/mol. The average molecular weight is 400 g/mol. The van der Waals surface area contributed by atoms with Gasteiger partial charge in [0.1, 0.15) is 5.75 Å². The summed E-state index contributed by atoms with van der Waals surface area (Å²) >= 11 is 5.84. The van der Waals surface area contributed by atoms with Crippen molar-refractivity contribution in [2.45, 2.75) is 45.4 Å². The number of benzene rings is 1. The van der Waals surface area contributed by atoms with E-state index < -0.39 is 11.9 Å². The highest BCUT2D eigenvalue weighted by Crippen LogP contribution is 2.17. The fourth-order valence-electron chi connectivity index (χ4n) is 3.00. The highest BCUT2D eigenvalue weighted by Gasteiger charge is 2.15. The SMILES string of the molecule is CC1CCCN(CCCCCCOc2ccc(Cl)cc2)C1.O=C(O)C(=O)O. The first-order valence-corrected chi connectivity index (χ1v) is 9.83. The van der Waals surface area contributed by atoms with E-state index in [1.165, 1.54) is 51.7 Å². The van der Waals surface area contributed by atoms with E-state index in [1.54, 1.807) is 0 Å². The molecule has 0 radical (unpaired) electrons. The molecule has 1 aliphatic rings. The number of carboxylic acid groups (broad SMARTS) is 2. The highest BCUT2D eigenvalue weighted by atomic mass is 35.5. The van der Waals surface area contributed by atoms with Gasteiger partial charge in [0, 0.05) is 11.6 Å². The zero-order chi connectivity index (χ0) is 20.1. The van der Waals surface area contributed by atoms with Gasteiger partial charge in [-0.05, 0) is 69.0 Å². The molecule has 0 saturated carbocycles. The molecule has 0 aromatic heterocycles. The molecule has 1 heterocycles. The Kier molecular flexibility index (Phi) is 11.5. The quantitative estimate of drug-likeness (QED) is 0.504. The number of ether oxygens (including phenoxy) is 1. The number of rotatable bonds is 8. The van der Waals surface area contributed by atoms with Crippen LogP contribution in [0.25, 0.3) is 0 Å². The molecule has 0 bridgehead atoms. The zero-order valence-corrected chi connectivity index (χ0v) is 16.7. The molecule has 7 heteroatoms. The van der Waals surface area contributed by atoms with E-state index in [2.05, 4.69) is 11.8 Å². The van der Waals surface area contributed by atoms with Gasteiger partial charge in [-0.2, -0.15) is 0 Å². The zero-order valence-electron chi connectivity index (χ0n) is 15.9. The minimum Gasteiger partial charge on any atom is -0.494 e. The van der Waals surface area contributed by atoms with Crippen LogP contribution in [-0.2, 0) is 9.59 Å². The summed E-state index contributed by atoms with van der Waals surface area (Å²) in [6, 6.07) is 7.60. The van der Waals surface area contributed by atoms with Gasteiger partial charge in [-0.3, -0.25) is 0 Å². The first kappa shape index (κ1) is 23.2. The van der Waals surface area contributed by atoms with Crippen LogP contribution in [0.15, 0.2) is 24.3 Å². The Morgan fingerprint density at radius 3 is 2.33 bits per heavy atom. The van der Waals surface area contributed by atoms with E-state index in [0.29, 0.717) is 0 Å². The largest absolute Gasteiger partial charge is 0.494 e. The molecule has 1 saturated heterocycles. The lowest BCUT2D eigenvalue weighted by Gasteiger charge is -2.30. The van der Waals surface area contributed by atoms with E-state index in [1.807, 2.05) is 24.3 Å². The standard InChI is InChI=1S/C18H28ClNO.C2H2O4/c1-16-7-6-13-20(15-16)12-4-2-3-5-14-21-18-10-8-17(19)9-11-18;3-1(4)2(5)6/h8-11,16H,2-7,12-15H2,1H3;(H,3,4)(H,5,6). The Bertz CT molecular complexity index is 552. The van der Waals surface area contributed by atoms with Crippen LogP contribution in [0.3, 0.4) is 0 Å². The van der Waals surface area contributed by atoms with Crippen molar-refractivity contribution in [3.63, 3.8) is 0 Å². The van der Waals surface area contributed by atoms with Gasteiger partial charge >= 0.3 is 11.9 Å². The van der Waals surface area contributed by atoms with E-state index >= 15 is 0 Å². The molecule has 6 nitrogen and oxygen atoms in total. The number of carbonyl (C=O) groups is 2. The number of unbranched alkanes of at least 4 members (excludes halogenated alkanes) is 3. The lowest BCUT2D eigenvalue weighted by atomic mass is 10.00. The Morgan fingerprint density at radius 2 is 1.74 bits per heavy atom. The number of nitrogens with zero attached hydrogens (tertiary/aromatic N) is 1. The van der Waals surface area contributed by atoms with Crippen LogP contribution in [0.2, 0.25) is 5.02 Å². The summed E-state index contributed by atoms with van der Waals surface area (Å²) < 4.78 is 5.70. The van der Waals surface area contributed by atoms with E-state index in [-0.39, 0.29) is 0 Å². The van der Waals surface area contributed by atoms with E-state index in [4.69, 9.17) is 36.1 Å². The number of likely N-dealkylation sites (tertiary alicyclic amines) is 1. The number of hydrogen-bond acceptors (Lipinski definition) is 4. The molecule has 2 N–H and O–H groups in total. The van der Waals surface area contributed by atoms with Crippen molar-refractivity contribution >= 4 is 23.5 Å². The second-order valence-corrected chi connectivity index (χ2v) is 7.31. The predicted molar refractivity (Wildman–Crippen MR) is 106 cm³/mol. The lowest BCUT2D eigenvalue weighted by molar-refractivity contribution is -0.159. The van der Waals surface area contributed by atoms with Crippen LogP contribution in [0, 0.1) is 5.92 Å². The molecule has 1 aliphatic heterocycles. The van der Waals surface area contributed by atoms with Crippen molar-refractivity contribution in [3.8, 4) is 5.75 Å². The fraction of sp³-hybridized carbons (Fsp3) is 0.600. The molecule has 152 valence electrons. The second kappa shape index (κ2) is 13.4. The Labute approximate surface area is 166 Å². The van der Waals surface area contributed by atoms with Crippen LogP contribution in [-0.4, -0.2) is 53.3 Å². The van der Waals surface area contributed by atoms with Crippen molar-refractivity contribution in [1.29, 1.82) is 0 Å². The minimum absolute atomic E-state index is 0.759. The summed E-state index contributed by atoms with van der Waals surface area (Å²) in [5.74, 6) is -1.83. The van der Waals surface area contributed by atoms with Gasteiger partial charge in [0.05, 0.1) is 6.61 Å². The van der Waals surface area contributed by atoms with Gasteiger partial charge in [-0.15, -0.1) is 0 Å². The van der Waals surface area contributed by atoms with Gasteiger partial charge in [0.15, 0.2) is 0 Å². The first-order valence-electron chi connectivity index (χ1n) is 9.45. The summed E-state index contributed by atoms with van der Waals surface area (Å²) in [7, 11) is 0. The third-order valence-electron chi connectivity index (χ3n) is 4.38. The maximum absolute atomic E-state index is 9.10. The molecule has 1 atom stereocenters. The number of carboxylic acids is 2. The maximum Gasteiger partial charge on any atom is 0.414 e. The third-order valence-corrected chi connectivity index (χ3v) is 4.63. The third kappa shape index (κ3) is 11.5. The highest BCUT2D eigenvalue weighted by molar-refractivity contribution is 6.30. The van der Waals surface area contributed by atoms with Crippen LogP contribution in [0.5, 0.6) is 5.75 Å². The molecule has 0 spiro atoms. The summed E-state index contributed by atoms with van der Waals surface area (Å²) in [6.45, 7) is 7.08. The Morgan fingerprint density at radius 1 is 1.11 bits per heavy atom. The smallest absolute Gasteiger partial charge is 0.414 e. The Balaban J connectivity index is 0.000000527. The van der Waals surface area contributed by atoms with Gasteiger partial charge in [0.2, 0.25) is 0 Å². The lowest BCUT2D eigenvalue weighted by Crippen LogP contribution is -2.34. The van der Waals surface area contributed by atoms with Crippen molar-refractivity contribution in [2.24, 2.45) is 5.92 Å². The molecule has 1 aromatic rings.